The molecule has 0 amide bonds. The van der Waals surface area contributed by atoms with Crippen molar-refractivity contribution in [1.82, 2.24) is 0 Å². The molecule has 7 N–H and O–H groups in total. The standard InChI is InChI=1S/C67H96O22/c1-34(2)20-23-47(70)35(3)67(77)52(87-64-60(85-39(7)69)56(51(74)33-81-64)89-62-58(54(76)49(72)31-79-62)83-37(5)41-18-14-11-15-19-41)29-46-44-22-21-42-28-43(24-26-65(42,8)45(44)25-27-66(46,67)9)86-63-59(84-38(6)68)55(50(73)32-80-63)88-61-57(53(75)48(71)30-78-61)82-36(4)40-16-12-10-13-17-40/h10-19,21,34-37,43-46,48-64,71-77H,20,22-33H2,1-9H3/t35-,36?,37?,43+,44?,45?,46?,48?,49?,50?,51?,52-,53?,54?,55?,56?,57?,58?,59?,60?,61?,62?,63?,64?,65+,66+,67-/m1/s1. The molecule has 3 saturated carbocycles. The minimum Gasteiger partial charge on any atom is -0.454 e. The molecule has 4 aliphatic heterocycles. The van der Waals surface area contributed by atoms with Crippen LogP contribution in [0.3, 0.4) is 0 Å². The van der Waals surface area contributed by atoms with E-state index in [0.717, 1.165) is 17.5 Å². The molecule has 89 heavy (non-hydrogen) atoms. The third kappa shape index (κ3) is 14.0. The van der Waals surface area contributed by atoms with Crippen molar-refractivity contribution in [2.24, 2.45) is 40.4 Å². The number of allylic oxidation sites excluding steroid dienone is 1. The number of fused-ring (bicyclic) bond motifs is 5. The van der Waals surface area contributed by atoms with Crippen molar-refractivity contribution >= 4 is 17.7 Å². The summed E-state index contributed by atoms with van der Waals surface area (Å²) in [6, 6.07) is 18.6. The van der Waals surface area contributed by atoms with Crippen LogP contribution in [0, 0.1) is 40.4 Å². The smallest absolute Gasteiger partial charge is 0.303 e. The van der Waals surface area contributed by atoms with Gasteiger partial charge < -0.3 is 92.6 Å². The topological polar surface area (TPSA) is 304 Å². The molecular weight excluding hydrogens is 1160 g/mol. The maximum Gasteiger partial charge on any atom is 0.303 e. The van der Waals surface area contributed by atoms with Crippen LogP contribution >= 0.6 is 0 Å². The molecule has 10 rings (SSSR count). The van der Waals surface area contributed by atoms with Crippen molar-refractivity contribution in [3.63, 3.8) is 0 Å². The van der Waals surface area contributed by atoms with Crippen LogP contribution in [0.25, 0.3) is 0 Å². The summed E-state index contributed by atoms with van der Waals surface area (Å²) in [5.41, 5.74) is -0.121. The molecule has 4 aliphatic carbocycles. The number of Topliss-reactive ketones (excluding diaryl/α,β-unsaturated/α-hetero) is 1. The number of aliphatic hydroxyl groups is 7. The summed E-state index contributed by atoms with van der Waals surface area (Å²) in [5.74, 6) is -2.17. The number of hydrogen-bond acceptors (Lipinski definition) is 22. The van der Waals surface area contributed by atoms with E-state index in [9.17, 15) is 50.1 Å². The van der Waals surface area contributed by atoms with Crippen molar-refractivity contribution in [2.75, 3.05) is 26.4 Å². The average Bonchev–Trinajstić information content (AvgIpc) is 1.61. The van der Waals surface area contributed by atoms with Crippen LogP contribution in [-0.4, -0.2) is 196 Å². The highest BCUT2D eigenvalue weighted by molar-refractivity contribution is 5.82. The third-order valence-electron chi connectivity index (χ3n) is 21.2. The van der Waals surface area contributed by atoms with Crippen molar-refractivity contribution in [3.8, 4) is 0 Å². The Morgan fingerprint density at radius 2 is 1.06 bits per heavy atom. The molecule has 4 heterocycles. The van der Waals surface area contributed by atoms with Crippen LogP contribution < -0.4 is 0 Å². The highest BCUT2D eigenvalue weighted by atomic mass is 16.8. The normalized spacial score (nSPS) is 42.5. The van der Waals surface area contributed by atoms with Crippen molar-refractivity contribution < 1.29 is 107 Å². The van der Waals surface area contributed by atoms with Crippen LogP contribution in [0.2, 0.25) is 0 Å². The van der Waals surface area contributed by atoms with Gasteiger partial charge in [-0.1, -0.05) is 107 Å². The van der Waals surface area contributed by atoms with E-state index in [0.29, 0.717) is 44.9 Å². The number of benzene rings is 2. The zero-order chi connectivity index (χ0) is 63.9. The van der Waals surface area contributed by atoms with E-state index < -0.39 is 152 Å². The van der Waals surface area contributed by atoms with E-state index in [1.807, 2.05) is 74.5 Å². The highest BCUT2D eigenvalue weighted by Gasteiger charge is 2.71. The van der Waals surface area contributed by atoms with Crippen LogP contribution in [0.5, 0.6) is 0 Å². The van der Waals surface area contributed by atoms with Crippen LogP contribution in [0.4, 0.5) is 0 Å². The number of hydrogen-bond donors (Lipinski definition) is 7. The lowest BCUT2D eigenvalue weighted by molar-refractivity contribution is -0.351. The second kappa shape index (κ2) is 28.4. The molecular formula is C67H96O22. The first kappa shape index (κ1) is 68.0. The summed E-state index contributed by atoms with van der Waals surface area (Å²) in [6.07, 6.45) is -16.6. The lowest BCUT2D eigenvalue weighted by Gasteiger charge is -2.59. The Hall–Kier alpha value is -3.89. The van der Waals surface area contributed by atoms with Gasteiger partial charge in [-0.3, -0.25) is 14.4 Å². The predicted octanol–water partition coefficient (Wildman–Crippen LogP) is 5.22. The van der Waals surface area contributed by atoms with Crippen LogP contribution in [0.15, 0.2) is 72.3 Å². The fourth-order valence-electron chi connectivity index (χ4n) is 16.1. The molecule has 21 unspecified atom stereocenters. The van der Waals surface area contributed by atoms with E-state index in [2.05, 4.69) is 19.9 Å². The van der Waals surface area contributed by atoms with Crippen molar-refractivity contribution in [1.29, 1.82) is 0 Å². The number of ether oxygens (including phenoxy) is 12. The molecule has 4 saturated heterocycles. The molecule has 22 heteroatoms. The van der Waals surface area contributed by atoms with E-state index in [1.165, 1.54) is 19.4 Å². The first-order valence-corrected chi connectivity index (χ1v) is 32.2. The summed E-state index contributed by atoms with van der Waals surface area (Å²) >= 11 is 0. The number of esters is 2. The molecule has 22 nitrogen and oxygen atoms in total. The summed E-state index contributed by atoms with van der Waals surface area (Å²) in [5, 5.41) is 81.0. The molecule has 2 aromatic rings. The SMILES string of the molecule is CC(=O)OC1C(O[C@H]2CC[C@@]3(C)C(=CCC4C3CC[C@@]3(C)C4C[C@@H](OC4OCC(O)C(OC5OCC(O)C(O)C5OC(C)c5ccccc5)C4OC(C)=O)[C@]3(O)[C@H](C)C(=O)CCC(C)C)C2)OCC(O)C1OC1OCC(O)C(O)C1OC(C)c1ccccc1. The maximum atomic E-state index is 14.5. The van der Waals surface area contributed by atoms with Crippen molar-refractivity contribution in [2.45, 2.75) is 249 Å². The summed E-state index contributed by atoms with van der Waals surface area (Å²) in [4.78, 5) is 40.5. The Labute approximate surface area is 521 Å². The summed E-state index contributed by atoms with van der Waals surface area (Å²) in [6.45, 7) is 15.1. The van der Waals surface area contributed by atoms with Gasteiger partial charge >= 0.3 is 11.9 Å². The van der Waals surface area contributed by atoms with Gasteiger partial charge in [-0.05, 0) is 105 Å². The zero-order valence-electron chi connectivity index (χ0n) is 52.7. The molecule has 7 fully saturated rings. The lowest BCUT2D eigenvalue weighted by atomic mass is 9.46. The first-order chi connectivity index (χ1) is 42.3. The van der Waals surface area contributed by atoms with Gasteiger partial charge in [0.25, 0.3) is 0 Å². The molecule has 496 valence electrons. The van der Waals surface area contributed by atoms with Gasteiger partial charge in [-0.25, -0.2) is 0 Å². The molecule has 0 spiro atoms. The van der Waals surface area contributed by atoms with E-state index >= 15 is 0 Å². The van der Waals surface area contributed by atoms with Gasteiger partial charge in [0.15, 0.2) is 37.4 Å². The highest BCUT2D eigenvalue weighted by Crippen LogP contribution is 2.69. The number of aliphatic hydroxyl groups excluding tert-OH is 6. The molecule has 2 aromatic carbocycles. The van der Waals surface area contributed by atoms with E-state index in [1.54, 1.807) is 20.8 Å². The van der Waals surface area contributed by atoms with Gasteiger partial charge in [-0.2, -0.15) is 0 Å². The molecule has 0 aromatic heterocycles. The molecule has 0 bridgehead atoms. The number of rotatable bonds is 21. The first-order valence-electron chi connectivity index (χ1n) is 32.2. The number of carbonyl (C=O) groups is 3. The number of ketones is 1. The van der Waals surface area contributed by atoms with Crippen LogP contribution in [-0.2, 0) is 71.2 Å². The summed E-state index contributed by atoms with van der Waals surface area (Å²) < 4.78 is 75.4. The van der Waals surface area contributed by atoms with Gasteiger partial charge in [0.2, 0.25) is 0 Å². The minimum atomic E-state index is -1.75. The van der Waals surface area contributed by atoms with Gasteiger partial charge in [-0.15, -0.1) is 0 Å². The molecule has 27 atom stereocenters. The molecule has 0 radical (unpaired) electrons. The second-order valence-corrected chi connectivity index (χ2v) is 27.2. The Morgan fingerprint density at radius 1 is 0.584 bits per heavy atom. The van der Waals surface area contributed by atoms with E-state index in [4.69, 9.17) is 56.8 Å². The van der Waals surface area contributed by atoms with Crippen LogP contribution in [0.1, 0.15) is 143 Å². The van der Waals surface area contributed by atoms with Crippen molar-refractivity contribution in [3.05, 3.63) is 83.4 Å². The number of carbonyl (C=O) groups excluding carboxylic acids is 3. The Balaban J connectivity index is 0.874. The fourth-order valence-corrected chi connectivity index (χ4v) is 16.1. The lowest BCUT2D eigenvalue weighted by Crippen LogP contribution is -2.64. The van der Waals surface area contributed by atoms with E-state index in [-0.39, 0.29) is 67.7 Å². The van der Waals surface area contributed by atoms with Gasteiger partial charge in [0, 0.05) is 31.6 Å². The second-order valence-electron chi connectivity index (χ2n) is 27.2. The summed E-state index contributed by atoms with van der Waals surface area (Å²) in [7, 11) is 0. The van der Waals surface area contributed by atoms with Gasteiger partial charge in [0.1, 0.15) is 72.4 Å². The monoisotopic (exact) mass is 1250 g/mol. The predicted molar refractivity (Wildman–Crippen MR) is 315 cm³/mol. The maximum absolute atomic E-state index is 14.5. The largest absolute Gasteiger partial charge is 0.454 e. The minimum absolute atomic E-state index is 0.0347. The Morgan fingerprint density at radius 3 is 1.54 bits per heavy atom. The third-order valence-corrected chi connectivity index (χ3v) is 21.2. The van der Waals surface area contributed by atoms with Gasteiger partial charge in [0.05, 0.1) is 50.8 Å². The Kier molecular flexibility index (Phi) is 21.7. The Bertz CT molecular complexity index is 2720. The zero-order valence-corrected chi connectivity index (χ0v) is 52.7. The quantitative estimate of drug-likeness (QED) is 0.0623. The fraction of sp³-hybridized carbons (Fsp3) is 0.746. The molecule has 8 aliphatic rings. The average molecular weight is 1250 g/mol.